The quantitative estimate of drug-likeness (QED) is 0.320. The number of anilines is 1. The van der Waals surface area contributed by atoms with Crippen LogP contribution in [0.5, 0.6) is 0 Å². The molecule has 29 heavy (non-hydrogen) atoms. The summed E-state index contributed by atoms with van der Waals surface area (Å²) in [5.74, 6) is 6.87. The first-order chi connectivity index (χ1) is 14.1. The van der Waals surface area contributed by atoms with Gasteiger partial charge in [0.1, 0.15) is 0 Å². The summed E-state index contributed by atoms with van der Waals surface area (Å²) >= 11 is 0. The molecule has 2 rings (SSSR count). The van der Waals surface area contributed by atoms with E-state index in [0.717, 1.165) is 35.4 Å². The molecule has 0 aromatic heterocycles. The number of para-hydroxylation sites is 1. The Morgan fingerprint density at radius 3 is 2.55 bits per heavy atom. The van der Waals surface area contributed by atoms with Crippen LogP contribution < -0.4 is 4.90 Å². The van der Waals surface area contributed by atoms with Gasteiger partial charge in [-0.1, -0.05) is 92.2 Å². The first-order valence-electron chi connectivity index (χ1n) is 10.2. The van der Waals surface area contributed by atoms with Crippen LogP contribution in [0.4, 0.5) is 5.69 Å². The number of benzene rings is 1. The number of nitrogens with zero attached hydrogens (tertiary/aromatic N) is 1. The van der Waals surface area contributed by atoms with Gasteiger partial charge in [-0.25, -0.2) is 0 Å². The number of hydrogen-bond donors (Lipinski definition) is 0. The van der Waals surface area contributed by atoms with Crippen LogP contribution in [0.25, 0.3) is 0 Å². The van der Waals surface area contributed by atoms with E-state index in [4.69, 9.17) is 0 Å². The Morgan fingerprint density at radius 1 is 1.24 bits per heavy atom. The zero-order chi connectivity index (χ0) is 21.1. The standard InChI is InChI=1S/C28H31N/c1-6-10-15-24(14-7-2)25-18-20-28(21-19-25)29(27-16-12-11-13-17-27)26(9-4)22-23(5)8-3/h7-18,22,28H,2,4,6,20H2,1,3,5H3/b15-10-,23-8-,24-14+,26-22+. The SMILES string of the molecule is C=C/C=C(\C=C/CC)C1=CCC(N(/C(C=C)=C/C(C)=C\C)c2ccccc2)C#C1. The minimum atomic E-state index is 0.0511. The van der Waals surface area contributed by atoms with Gasteiger partial charge >= 0.3 is 0 Å². The van der Waals surface area contributed by atoms with Crippen molar-refractivity contribution in [1.82, 2.24) is 0 Å². The second kappa shape index (κ2) is 11.6. The van der Waals surface area contributed by atoms with Gasteiger partial charge in [0.2, 0.25) is 0 Å². The fraction of sp³-hybridized carbons (Fsp3) is 0.214. The Hall–Kier alpha value is -3.24. The van der Waals surface area contributed by atoms with E-state index in [1.54, 1.807) is 0 Å². The maximum absolute atomic E-state index is 4.06. The van der Waals surface area contributed by atoms with E-state index < -0.39 is 0 Å². The highest BCUT2D eigenvalue weighted by atomic mass is 15.2. The lowest BCUT2D eigenvalue weighted by Gasteiger charge is -2.32. The lowest BCUT2D eigenvalue weighted by molar-refractivity contribution is 0.783. The van der Waals surface area contributed by atoms with E-state index >= 15 is 0 Å². The van der Waals surface area contributed by atoms with Crippen LogP contribution >= 0.6 is 0 Å². The zero-order valence-electron chi connectivity index (χ0n) is 17.9. The summed E-state index contributed by atoms with van der Waals surface area (Å²) in [6, 6.07) is 10.4. The van der Waals surface area contributed by atoms with Crippen molar-refractivity contribution in [3.63, 3.8) is 0 Å². The minimum Gasteiger partial charge on any atom is -0.327 e. The number of allylic oxidation sites excluding steroid dienone is 10. The molecule has 1 heteroatoms. The van der Waals surface area contributed by atoms with E-state index in [2.05, 4.69) is 98.4 Å². The van der Waals surface area contributed by atoms with Crippen molar-refractivity contribution in [3.8, 4) is 11.8 Å². The van der Waals surface area contributed by atoms with E-state index in [1.807, 2.05) is 31.2 Å². The van der Waals surface area contributed by atoms with Crippen LogP contribution in [-0.2, 0) is 0 Å². The van der Waals surface area contributed by atoms with Crippen LogP contribution in [0.15, 0.2) is 115 Å². The van der Waals surface area contributed by atoms with E-state index in [9.17, 15) is 0 Å². The second-order valence-electron chi connectivity index (χ2n) is 6.82. The maximum Gasteiger partial charge on any atom is 0.0991 e. The van der Waals surface area contributed by atoms with Crippen LogP contribution in [0.2, 0.25) is 0 Å². The Morgan fingerprint density at radius 2 is 2.00 bits per heavy atom. The Labute approximate surface area is 176 Å². The van der Waals surface area contributed by atoms with Crippen LogP contribution in [0, 0.1) is 11.8 Å². The predicted molar refractivity (Wildman–Crippen MR) is 129 cm³/mol. The molecule has 0 radical (unpaired) electrons. The van der Waals surface area contributed by atoms with Gasteiger partial charge in [0, 0.05) is 17.0 Å². The molecule has 1 aromatic rings. The average molecular weight is 382 g/mol. The van der Waals surface area contributed by atoms with Crippen molar-refractivity contribution in [2.75, 3.05) is 4.90 Å². The van der Waals surface area contributed by atoms with Gasteiger partial charge in [0.15, 0.2) is 0 Å². The molecule has 0 saturated heterocycles. The molecule has 0 bridgehead atoms. The lowest BCUT2D eigenvalue weighted by Crippen LogP contribution is -2.33. The van der Waals surface area contributed by atoms with Crippen molar-refractivity contribution in [3.05, 3.63) is 115 Å². The third-order valence-corrected chi connectivity index (χ3v) is 4.72. The van der Waals surface area contributed by atoms with Crippen molar-refractivity contribution in [1.29, 1.82) is 0 Å². The van der Waals surface area contributed by atoms with Crippen molar-refractivity contribution in [2.45, 2.75) is 39.7 Å². The number of hydrogen-bond acceptors (Lipinski definition) is 1. The summed E-state index contributed by atoms with van der Waals surface area (Å²) in [6.45, 7) is 14.2. The van der Waals surface area contributed by atoms with E-state index in [0.29, 0.717) is 0 Å². The summed E-state index contributed by atoms with van der Waals surface area (Å²) in [6.07, 6.45) is 18.4. The third-order valence-electron chi connectivity index (χ3n) is 4.72. The van der Waals surface area contributed by atoms with E-state index in [1.165, 1.54) is 5.57 Å². The fourth-order valence-electron chi connectivity index (χ4n) is 3.11. The Bertz CT molecular complexity index is 924. The molecule has 1 unspecified atom stereocenters. The van der Waals surface area contributed by atoms with Crippen LogP contribution in [0.1, 0.15) is 33.6 Å². The fourth-order valence-corrected chi connectivity index (χ4v) is 3.11. The van der Waals surface area contributed by atoms with Crippen LogP contribution in [0.3, 0.4) is 0 Å². The molecule has 1 aliphatic rings. The van der Waals surface area contributed by atoms with Crippen molar-refractivity contribution >= 4 is 5.69 Å². The highest BCUT2D eigenvalue weighted by Gasteiger charge is 2.21. The molecule has 0 saturated carbocycles. The number of rotatable bonds is 9. The molecule has 0 amide bonds. The minimum absolute atomic E-state index is 0.0511. The average Bonchev–Trinajstić information content (AvgIpc) is 2.77. The Balaban J connectivity index is 2.43. The smallest absolute Gasteiger partial charge is 0.0991 e. The topological polar surface area (TPSA) is 3.24 Å². The molecular formula is C28H31N. The van der Waals surface area contributed by atoms with Gasteiger partial charge in [-0.3, -0.25) is 0 Å². The summed E-state index contributed by atoms with van der Waals surface area (Å²) < 4.78 is 0. The Kier molecular flexibility index (Phi) is 8.80. The molecule has 0 fully saturated rings. The van der Waals surface area contributed by atoms with Gasteiger partial charge in [-0.2, -0.15) is 0 Å². The zero-order valence-corrected chi connectivity index (χ0v) is 17.9. The molecule has 0 spiro atoms. The second-order valence-corrected chi connectivity index (χ2v) is 6.82. The van der Waals surface area contributed by atoms with Crippen molar-refractivity contribution in [2.24, 2.45) is 0 Å². The molecule has 1 atom stereocenters. The van der Waals surface area contributed by atoms with Gasteiger partial charge < -0.3 is 4.90 Å². The molecule has 0 aliphatic heterocycles. The summed E-state index contributed by atoms with van der Waals surface area (Å²) in [7, 11) is 0. The molecular weight excluding hydrogens is 350 g/mol. The highest BCUT2D eigenvalue weighted by Crippen LogP contribution is 2.27. The lowest BCUT2D eigenvalue weighted by atomic mass is 9.96. The van der Waals surface area contributed by atoms with Gasteiger partial charge in [-0.05, 0) is 56.5 Å². The maximum atomic E-state index is 4.06. The first kappa shape index (κ1) is 22.1. The van der Waals surface area contributed by atoms with E-state index in [-0.39, 0.29) is 6.04 Å². The molecule has 0 heterocycles. The summed E-state index contributed by atoms with van der Waals surface area (Å²) in [5.41, 5.74) is 5.54. The predicted octanol–water partition coefficient (Wildman–Crippen LogP) is 7.31. The van der Waals surface area contributed by atoms with Gasteiger partial charge in [0.05, 0.1) is 6.04 Å². The largest absolute Gasteiger partial charge is 0.327 e. The van der Waals surface area contributed by atoms with Gasteiger partial charge in [-0.15, -0.1) is 0 Å². The molecule has 148 valence electrons. The normalized spacial score (nSPS) is 17.4. The molecule has 0 N–H and O–H groups in total. The molecule has 1 aromatic carbocycles. The monoisotopic (exact) mass is 381 g/mol. The summed E-state index contributed by atoms with van der Waals surface area (Å²) in [5, 5.41) is 0. The van der Waals surface area contributed by atoms with Gasteiger partial charge in [0.25, 0.3) is 0 Å². The first-order valence-corrected chi connectivity index (χ1v) is 10.2. The summed E-state index contributed by atoms with van der Waals surface area (Å²) in [4.78, 5) is 2.28. The third kappa shape index (κ3) is 6.13. The molecule has 1 aliphatic carbocycles. The van der Waals surface area contributed by atoms with Crippen molar-refractivity contribution < 1.29 is 0 Å². The van der Waals surface area contributed by atoms with Crippen LogP contribution in [-0.4, -0.2) is 6.04 Å². The highest BCUT2D eigenvalue weighted by molar-refractivity contribution is 5.61. The molecule has 1 nitrogen and oxygen atoms in total.